The number of hydrogen-bond donors (Lipinski definition) is 17. The Morgan fingerprint density at radius 2 is 1.00 bits per heavy atom. The van der Waals surface area contributed by atoms with Crippen molar-refractivity contribution in [2.45, 2.75) is 52.2 Å². The van der Waals surface area contributed by atoms with Crippen molar-refractivity contribution in [3.8, 4) is 0 Å². The van der Waals surface area contributed by atoms with Gasteiger partial charge in [-0.15, -0.1) is 0 Å². The Morgan fingerprint density at radius 1 is 0.634 bits per heavy atom. The number of ether oxygens (including phenoxy) is 1. The highest BCUT2D eigenvalue weighted by atomic mass is 31.3. The van der Waals surface area contributed by atoms with Gasteiger partial charge in [0.05, 0.1) is 39.1 Å². The quantitative estimate of drug-likeness (QED) is 0.0556. The molecule has 0 aliphatic carbocycles. The van der Waals surface area contributed by atoms with Crippen molar-refractivity contribution in [2.75, 3.05) is 64.7 Å². The van der Waals surface area contributed by atoms with Crippen LogP contribution in [0.25, 0.3) is 11.2 Å². The molecular formula is C30H56N9O29P3. The topological polar surface area (TPSA) is 636 Å². The Kier molecular flexibility index (Phi) is 36.6. The molecule has 2 aromatic rings. The number of nitrogens with zero attached hydrogens (tertiary/aromatic N) is 6. The van der Waals surface area contributed by atoms with Crippen LogP contribution in [0.3, 0.4) is 0 Å². The third kappa shape index (κ3) is 41.7. The minimum atomic E-state index is -5.70. The zero-order valence-electron chi connectivity index (χ0n) is 37.5. The fraction of sp³-hybridized carbons (Fsp3) is 0.567. The second kappa shape index (κ2) is 36.2. The normalized spacial score (nSPS) is 17.3. The van der Waals surface area contributed by atoms with Crippen LogP contribution in [0.4, 0.5) is 5.82 Å². The monoisotopic (exact) mass is 1100 g/mol. The molecule has 0 radical (unpaired) electrons. The van der Waals surface area contributed by atoms with Crippen LogP contribution in [0.5, 0.6) is 0 Å². The highest BCUT2D eigenvalue weighted by Crippen LogP contribution is 2.66. The highest BCUT2D eigenvalue weighted by Gasteiger charge is 2.47. The molecule has 0 spiro atoms. The average molecular weight is 1100 g/mol. The predicted molar refractivity (Wildman–Crippen MR) is 230 cm³/mol. The van der Waals surface area contributed by atoms with Crippen molar-refractivity contribution in [3.05, 3.63) is 12.7 Å². The van der Waals surface area contributed by atoms with E-state index in [9.17, 15) is 48.0 Å². The first-order valence-electron chi connectivity index (χ1n) is 18.5. The lowest BCUT2D eigenvalue weighted by atomic mass is 10.1. The summed E-state index contributed by atoms with van der Waals surface area (Å²) in [5.41, 5.74) is 15.8. The lowest BCUT2D eigenvalue weighted by molar-refractivity contribution is -0.145. The number of nitrogens with two attached hydrogens (primary N) is 3. The molecule has 1 saturated heterocycles. The summed E-state index contributed by atoms with van der Waals surface area (Å²) in [6.07, 6.45) is -3.69. The standard InChI is InChI=1S/C10H16N5O13P3.C10H16N2O8.C2H8N2.4C2H4O2/c11-8-5-9(13-2-12-8)15(3-14-5)10-7(17)6(16)4(26-10)1-25-30(21,22)28-31(23,24)27-29(18,19)20;13-7(14)3-11(4-8(15)16)1-2-12(5-9(17)18)6-10(19)20;3-1-2-4;4*1-2(3)4/h2-4,6-7,10,16-17H,1H2,(H,21,22)(H,23,24)(H2,11,12,13)(H2,18,19,20);1-6H2,(H,13,14)(H,15,16)(H,17,18)(H,19,20);1-4H2;4*1H3,(H,3,4)/t4-,6-,7-,10-;;;;;;/m1....../s1. The molecule has 2 unspecified atom stereocenters. The number of carboxylic acid groups (broad SMARTS) is 8. The number of carboxylic acids is 8. The van der Waals surface area contributed by atoms with Gasteiger partial charge in [-0.2, -0.15) is 8.62 Å². The summed E-state index contributed by atoms with van der Waals surface area (Å²) < 4.78 is 51.9. The number of hydrogen-bond acceptors (Lipinski definition) is 25. The fourth-order valence-corrected chi connectivity index (χ4v) is 7.13. The van der Waals surface area contributed by atoms with Gasteiger partial charge in [0.2, 0.25) is 0 Å². The van der Waals surface area contributed by atoms with Crippen LogP contribution >= 0.6 is 23.5 Å². The molecule has 1 fully saturated rings. The van der Waals surface area contributed by atoms with Crippen LogP contribution in [0.15, 0.2) is 12.7 Å². The lowest BCUT2D eigenvalue weighted by Crippen LogP contribution is -2.43. The van der Waals surface area contributed by atoms with E-state index in [1.165, 1.54) is 10.9 Å². The van der Waals surface area contributed by atoms with Crippen molar-refractivity contribution in [2.24, 2.45) is 11.5 Å². The van der Waals surface area contributed by atoms with E-state index in [4.69, 9.17) is 96.6 Å². The van der Waals surface area contributed by atoms with E-state index in [2.05, 4.69) is 28.1 Å². The van der Waals surface area contributed by atoms with Crippen molar-refractivity contribution >= 4 is 88.2 Å². The van der Waals surface area contributed by atoms with E-state index in [0.717, 1.165) is 43.8 Å². The van der Waals surface area contributed by atoms with Crippen LogP contribution in [0.2, 0.25) is 0 Å². The maximum absolute atomic E-state index is 11.8. The molecule has 71 heavy (non-hydrogen) atoms. The molecular weight excluding hydrogens is 1040 g/mol. The highest BCUT2D eigenvalue weighted by molar-refractivity contribution is 7.66. The number of imidazole rings is 1. The van der Waals surface area contributed by atoms with Crippen molar-refractivity contribution in [3.63, 3.8) is 0 Å². The molecule has 6 atom stereocenters. The summed E-state index contributed by atoms with van der Waals surface area (Å²) in [5.74, 6) is -8.20. The van der Waals surface area contributed by atoms with Crippen LogP contribution in [-0.4, -0.2) is 225 Å². The number of aliphatic hydroxyl groups excluding tert-OH is 2. The molecule has 0 saturated carbocycles. The number of aliphatic carboxylic acids is 8. The Morgan fingerprint density at radius 3 is 1.32 bits per heavy atom. The number of nitrogen functional groups attached to an aromatic ring is 1. The molecule has 38 nitrogen and oxygen atoms in total. The van der Waals surface area contributed by atoms with E-state index < -0.39 is 129 Å². The van der Waals surface area contributed by atoms with E-state index in [-0.39, 0.29) is 30.1 Å². The van der Waals surface area contributed by atoms with Gasteiger partial charge in [-0.25, -0.2) is 28.6 Å². The van der Waals surface area contributed by atoms with Gasteiger partial charge in [0, 0.05) is 53.9 Å². The van der Waals surface area contributed by atoms with Gasteiger partial charge in [-0.1, -0.05) is 0 Å². The molecule has 0 bridgehead atoms. The third-order valence-electron chi connectivity index (χ3n) is 6.15. The summed E-state index contributed by atoms with van der Waals surface area (Å²) in [7, 11) is -16.7. The Labute approximate surface area is 398 Å². The van der Waals surface area contributed by atoms with Crippen LogP contribution in [0, 0.1) is 0 Å². The molecule has 1 aliphatic heterocycles. The van der Waals surface area contributed by atoms with Crippen LogP contribution in [0.1, 0.15) is 33.9 Å². The number of phosphoric ester groups is 1. The van der Waals surface area contributed by atoms with E-state index in [1.807, 2.05) is 0 Å². The first-order valence-corrected chi connectivity index (χ1v) is 23.0. The maximum atomic E-state index is 11.8. The molecule has 1 aliphatic rings. The number of rotatable bonds is 20. The molecule has 3 heterocycles. The number of anilines is 1. The Balaban J connectivity index is -0.000000476. The first kappa shape index (κ1) is 71.8. The summed E-state index contributed by atoms with van der Waals surface area (Å²) in [6, 6.07) is 0. The first-order chi connectivity index (χ1) is 32.2. The Hall–Kier alpha value is -5.76. The van der Waals surface area contributed by atoms with Gasteiger partial charge in [0.25, 0.3) is 23.9 Å². The van der Waals surface area contributed by atoms with Gasteiger partial charge < -0.3 is 92.6 Å². The smallest absolute Gasteiger partial charge is 0.481 e. The minimum Gasteiger partial charge on any atom is -0.481 e. The zero-order chi connectivity index (χ0) is 56.6. The second-order valence-corrected chi connectivity index (χ2v) is 17.1. The summed E-state index contributed by atoms with van der Waals surface area (Å²) >= 11 is 0. The van der Waals surface area contributed by atoms with E-state index in [1.54, 1.807) is 0 Å². The predicted octanol–water partition coefficient (Wildman–Crippen LogP) is -4.43. The number of aliphatic hydroxyl groups is 2. The molecule has 20 N–H and O–H groups in total. The van der Waals surface area contributed by atoms with Gasteiger partial charge in [0.15, 0.2) is 17.7 Å². The molecule has 0 aromatic carbocycles. The summed E-state index contributed by atoms with van der Waals surface area (Å²) in [4.78, 5) is 128. The molecule has 0 amide bonds. The number of fused-ring (bicyclic) bond motifs is 1. The van der Waals surface area contributed by atoms with Gasteiger partial charge in [-0.3, -0.25) is 57.2 Å². The zero-order valence-corrected chi connectivity index (χ0v) is 40.2. The van der Waals surface area contributed by atoms with Crippen molar-refractivity contribution < 1.29 is 141 Å². The van der Waals surface area contributed by atoms with E-state index >= 15 is 0 Å². The minimum absolute atomic E-state index is 0.0426. The van der Waals surface area contributed by atoms with Gasteiger partial charge in [-0.05, 0) is 0 Å². The van der Waals surface area contributed by atoms with Crippen LogP contribution in [-0.2, 0) is 69.9 Å². The summed E-state index contributed by atoms with van der Waals surface area (Å²) in [6.45, 7) is 2.32. The van der Waals surface area contributed by atoms with Crippen LogP contribution < -0.4 is 17.2 Å². The number of phosphoric acid groups is 3. The molecule has 3 rings (SSSR count). The maximum Gasteiger partial charge on any atom is 0.490 e. The molecule has 410 valence electrons. The lowest BCUT2D eigenvalue weighted by Gasteiger charge is -2.23. The average Bonchev–Trinajstić information content (AvgIpc) is 3.70. The van der Waals surface area contributed by atoms with E-state index in [0.29, 0.717) is 13.1 Å². The second-order valence-electron chi connectivity index (χ2n) is 12.7. The molecule has 41 heteroatoms. The van der Waals surface area contributed by atoms with Gasteiger partial charge in [0.1, 0.15) is 30.2 Å². The number of aromatic nitrogens is 4. The molecule has 2 aromatic heterocycles. The SMILES string of the molecule is CC(=O)O.CC(=O)O.CC(=O)O.CC(=O)O.NCCN.Nc1ncnc2c1ncn2[C@@H]1O[C@H](COP(=O)(O)OP(=O)(O)OP(=O)(O)O)[C@@H](O)[C@H]1O.O=C(O)CN(CCN(CC(=O)O)CC(=O)O)CC(=O)O. The largest absolute Gasteiger partial charge is 0.490 e. The number of carbonyl (C=O) groups is 8. The summed E-state index contributed by atoms with van der Waals surface area (Å²) in [5, 5.41) is 84.5. The van der Waals surface area contributed by atoms with Crippen molar-refractivity contribution in [1.82, 2.24) is 29.3 Å². The van der Waals surface area contributed by atoms with Crippen molar-refractivity contribution in [1.29, 1.82) is 0 Å². The fourth-order valence-electron chi connectivity index (χ4n) is 4.10. The third-order valence-corrected chi connectivity index (χ3v) is 9.95. The van der Waals surface area contributed by atoms with Gasteiger partial charge >= 0.3 is 47.3 Å². The Bertz CT molecular complexity index is 2030.